The number of carbonyl (C=O) groups excluding carboxylic acids is 2. The van der Waals surface area contributed by atoms with E-state index in [-0.39, 0.29) is 12.1 Å². The van der Waals surface area contributed by atoms with Crippen LogP contribution in [0.5, 0.6) is 0 Å². The van der Waals surface area contributed by atoms with Gasteiger partial charge in [0.25, 0.3) is 0 Å². The summed E-state index contributed by atoms with van der Waals surface area (Å²) in [5.74, 6) is 5.16. The smallest absolute Gasteiger partial charge is 0.237 e. The maximum absolute atomic E-state index is 13.3. The Kier molecular flexibility index (Phi) is 8.58. The molecule has 0 spiro atoms. The summed E-state index contributed by atoms with van der Waals surface area (Å²) in [4.78, 5) is 36.3. The number of hydrogen-bond acceptors (Lipinski definition) is 5. The lowest BCUT2D eigenvalue weighted by atomic mass is 9.45. The number of fused-ring (bicyclic) bond motifs is 5. The van der Waals surface area contributed by atoms with E-state index < -0.39 is 0 Å². The summed E-state index contributed by atoms with van der Waals surface area (Å²) in [5, 5.41) is 3.25. The highest BCUT2D eigenvalue weighted by Crippen LogP contribution is 2.67. The number of nitrogens with zero attached hydrogens (tertiary/aromatic N) is 4. The third-order valence-electron chi connectivity index (χ3n) is 14.2. The molecule has 7 heteroatoms. The van der Waals surface area contributed by atoms with Crippen molar-refractivity contribution in [1.82, 2.24) is 25.0 Å². The van der Waals surface area contributed by atoms with Gasteiger partial charge in [0.05, 0.1) is 17.9 Å². The van der Waals surface area contributed by atoms with Crippen molar-refractivity contribution in [1.29, 1.82) is 0 Å². The molecule has 8 unspecified atom stereocenters. The molecule has 1 N–H and O–H groups in total. The second kappa shape index (κ2) is 12.3. The van der Waals surface area contributed by atoms with Crippen LogP contribution < -0.4 is 5.32 Å². The fourth-order valence-corrected chi connectivity index (χ4v) is 11.6. The predicted molar refractivity (Wildman–Crippen MR) is 173 cm³/mol. The number of likely N-dealkylation sites (N-methyl/N-ethyl adjacent to an activating group) is 1. The zero-order valence-corrected chi connectivity index (χ0v) is 27.7. The number of piperazine rings is 1. The maximum Gasteiger partial charge on any atom is 0.237 e. The van der Waals surface area contributed by atoms with E-state index in [0.717, 1.165) is 80.1 Å². The van der Waals surface area contributed by atoms with E-state index >= 15 is 0 Å². The Morgan fingerprint density at radius 1 is 0.955 bits per heavy atom. The van der Waals surface area contributed by atoms with Gasteiger partial charge in [0.1, 0.15) is 6.17 Å². The van der Waals surface area contributed by atoms with Crippen LogP contribution in [0.3, 0.4) is 0 Å². The molecule has 44 heavy (non-hydrogen) atoms. The number of pyridine rings is 1. The molecule has 2 aliphatic heterocycles. The highest BCUT2D eigenvalue weighted by Gasteiger charge is 2.59. The standard InChI is InChI=1S/C37H57N5O2/c1-36-18-5-4-8-26(36)13-15-29-30-16-14-27(37(30,2)19-17-31(29)36)9-6-12-33(43)42-22-20-41(21-23-42)25-28-10-7-11-32(39-28)35-38-24-34(44)40(35)3/h7,10-11,26-27,29-31,35,38H,4-6,8-9,12-25H2,1-3H3. The Morgan fingerprint density at radius 2 is 1.77 bits per heavy atom. The zero-order valence-electron chi connectivity index (χ0n) is 27.7. The van der Waals surface area contributed by atoms with E-state index in [4.69, 9.17) is 4.98 Å². The quantitative estimate of drug-likeness (QED) is 0.414. The van der Waals surface area contributed by atoms with Crippen LogP contribution in [0, 0.1) is 40.4 Å². The Balaban J connectivity index is 0.864. The van der Waals surface area contributed by atoms with Gasteiger partial charge < -0.3 is 9.80 Å². The minimum Gasteiger partial charge on any atom is -0.340 e. The van der Waals surface area contributed by atoms with Gasteiger partial charge in [-0.25, -0.2) is 0 Å². The molecule has 2 saturated heterocycles. The summed E-state index contributed by atoms with van der Waals surface area (Å²) in [7, 11) is 1.83. The van der Waals surface area contributed by atoms with E-state index in [2.05, 4.69) is 35.0 Å². The molecule has 6 aliphatic rings. The van der Waals surface area contributed by atoms with Gasteiger partial charge in [-0.1, -0.05) is 32.8 Å². The highest BCUT2D eigenvalue weighted by atomic mass is 16.2. The van der Waals surface area contributed by atoms with Crippen molar-refractivity contribution in [2.75, 3.05) is 39.8 Å². The van der Waals surface area contributed by atoms with Gasteiger partial charge in [0, 0.05) is 46.2 Å². The molecule has 242 valence electrons. The molecule has 1 aromatic rings. The molecule has 4 aliphatic carbocycles. The summed E-state index contributed by atoms with van der Waals surface area (Å²) < 4.78 is 0. The van der Waals surface area contributed by atoms with Crippen LogP contribution in [0.15, 0.2) is 18.2 Å². The van der Waals surface area contributed by atoms with Crippen LogP contribution >= 0.6 is 0 Å². The van der Waals surface area contributed by atoms with Gasteiger partial charge in [-0.2, -0.15) is 0 Å². The third-order valence-corrected chi connectivity index (χ3v) is 14.2. The molecule has 7 rings (SSSR count). The van der Waals surface area contributed by atoms with Crippen LogP contribution in [-0.2, 0) is 16.1 Å². The summed E-state index contributed by atoms with van der Waals surface area (Å²) in [6, 6.07) is 6.10. The second-order valence-electron chi connectivity index (χ2n) is 16.1. The van der Waals surface area contributed by atoms with Crippen LogP contribution in [0.4, 0.5) is 0 Å². The number of rotatable bonds is 7. The monoisotopic (exact) mass is 603 g/mol. The Morgan fingerprint density at radius 3 is 2.57 bits per heavy atom. The third kappa shape index (κ3) is 5.52. The lowest BCUT2D eigenvalue weighted by molar-refractivity contribution is -0.133. The number of aromatic nitrogens is 1. The number of amides is 2. The molecule has 8 atom stereocenters. The first kappa shape index (κ1) is 30.7. The van der Waals surface area contributed by atoms with Crippen molar-refractivity contribution in [3.8, 4) is 0 Å². The SMILES string of the molecule is CN1C(=O)CNC1c1cccc(CN2CCN(C(=O)CCCC3CCC4C5CCC6CCCCC6(C)C5CCC34C)CC2)n1. The van der Waals surface area contributed by atoms with Gasteiger partial charge in [-0.3, -0.25) is 24.8 Å². The van der Waals surface area contributed by atoms with E-state index in [1.54, 1.807) is 4.90 Å². The summed E-state index contributed by atoms with van der Waals surface area (Å²) >= 11 is 0. The molecule has 7 nitrogen and oxygen atoms in total. The fourth-order valence-electron chi connectivity index (χ4n) is 11.6. The predicted octanol–water partition coefficient (Wildman–Crippen LogP) is 6.01. The Bertz CT molecular complexity index is 1210. The second-order valence-corrected chi connectivity index (χ2v) is 16.1. The number of carbonyl (C=O) groups is 2. The largest absolute Gasteiger partial charge is 0.340 e. The van der Waals surface area contributed by atoms with E-state index in [9.17, 15) is 9.59 Å². The van der Waals surface area contributed by atoms with Crippen molar-refractivity contribution in [2.24, 2.45) is 40.4 Å². The molecule has 0 aromatic carbocycles. The van der Waals surface area contributed by atoms with E-state index in [1.165, 1.54) is 70.6 Å². The lowest BCUT2D eigenvalue weighted by Crippen LogP contribution is -2.52. The van der Waals surface area contributed by atoms with Crippen LogP contribution in [0.2, 0.25) is 0 Å². The molecule has 3 heterocycles. The Hall–Kier alpha value is -1.99. The van der Waals surface area contributed by atoms with Crippen molar-refractivity contribution in [2.45, 2.75) is 110 Å². The summed E-state index contributed by atoms with van der Waals surface area (Å²) in [6.07, 6.45) is 17.6. The van der Waals surface area contributed by atoms with Gasteiger partial charge in [-0.05, 0) is 117 Å². The zero-order chi connectivity index (χ0) is 30.5. The summed E-state index contributed by atoms with van der Waals surface area (Å²) in [5.41, 5.74) is 3.06. The first-order valence-corrected chi connectivity index (χ1v) is 18.2. The lowest BCUT2D eigenvalue weighted by Gasteiger charge is -2.60. The first-order chi connectivity index (χ1) is 21.3. The van der Waals surface area contributed by atoms with Gasteiger partial charge in [0.2, 0.25) is 11.8 Å². The van der Waals surface area contributed by atoms with Gasteiger partial charge in [0.15, 0.2) is 0 Å². The van der Waals surface area contributed by atoms with E-state index in [1.807, 2.05) is 19.2 Å². The fraction of sp³-hybridized carbons (Fsp3) is 0.811. The number of nitrogens with one attached hydrogen (secondary N) is 1. The van der Waals surface area contributed by atoms with Crippen molar-refractivity contribution in [3.63, 3.8) is 0 Å². The topological polar surface area (TPSA) is 68.8 Å². The van der Waals surface area contributed by atoms with Crippen LogP contribution in [-0.4, -0.2) is 71.3 Å². The minimum atomic E-state index is -0.148. The molecule has 1 aromatic heterocycles. The van der Waals surface area contributed by atoms with Gasteiger partial charge >= 0.3 is 0 Å². The van der Waals surface area contributed by atoms with E-state index in [0.29, 0.717) is 29.7 Å². The molecular formula is C37H57N5O2. The number of hydrogen-bond donors (Lipinski definition) is 1. The molecular weight excluding hydrogens is 546 g/mol. The van der Waals surface area contributed by atoms with Crippen LogP contribution in [0.25, 0.3) is 0 Å². The summed E-state index contributed by atoms with van der Waals surface area (Å²) in [6.45, 7) is 9.91. The average Bonchev–Trinajstić information content (AvgIpc) is 3.55. The first-order valence-electron chi connectivity index (χ1n) is 18.2. The minimum absolute atomic E-state index is 0.0998. The van der Waals surface area contributed by atoms with Crippen molar-refractivity contribution in [3.05, 3.63) is 29.6 Å². The van der Waals surface area contributed by atoms with Crippen LogP contribution in [0.1, 0.15) is 115 Å². The molecule has 0 bridgehead atoms. The van der Waals surface area contributed by atoms with Gasteiger partial charge in [-0.15, -0.1) is 0 Å². The van der Waals surface area contributed by atoms with Crippen molar-refractivity contribution >= 4 is 11.8 Å². The normalized spacial score (nSPS) is 39.2. The molecule has 6 fully saturated rings. The molecule has 2 amide bonds. The highest BCUT2D eigenvalue weighted by molar-refractivity contribution is 5.80. The Labute approximate surface area is 265 Å². The average molecular weight is 604 g/mol. The molecule has 4 saturated carbocycles. The van der Waals surface area contributed by atoms with Crippen molar-refractivity contribution < 1.29 is 9.59 Å². The maximum atomic E-state index is 13.3. The molecule has 0 radical (unpaired) electrons.